The summed E-state index contributed by atoms with van der Waals surface area (Å²) >= 11 is 8.67. The van der Waals surface area contributed by atoms with Crippen molar-refractivity contribution in [3.63, 3.8) is 0 Å². The average molecular weight is 355 g/mol. The number of fused-ring (bicyclic) bond motifs is 1. The Balaban J connectivity index is 2.08. The Hall–Kier alpha value is -1.53. The summed E-state index contributed by atoms with van der Waals surface area (Å²) in [5.74, 6) is -1.70. The number of H-pyrrole nitrogens is 1. The van der Waals surface area contributed by atoms with Crippen molar-refractivity contribution < 1.29 is 8.78 Å². The average Bonchev–Trinajstić information content (AvgIpc) is 2.69. The molecular formula is C14H9BrF2N2S. The molecule has 0 bridgehead atoms. The summed E-state index contributed by atoms with van der Waals surface area (Å²) in [6.45, 7) is 0.387. The summed E-state index contributed by atoms with van der Waals surface area (Å²) < 4.78 is 29.5. The molecule has 0 aliphatic heterocycles. The van der Waals surface area contributed by atoms with Crippen LogP contribution in [0.5, 0.6) is 0 Å². The Labute approximate surface area is 127 Å². The third-order valence-electron chi connectivity index (χ3n) is 3.06. The number of benzene rings is 2. The Morgan fingerprint density at radius 1 is 1.10 bits per heavy atom. The van der Waals surface area contributed by atoms with Gasteiger partial charge in [0.2, 0.25) is 0 Å². The molecule has 0 saturated heterocycles. The van der Waals surface area contributed by atoms with E-state index in [1.165, 1.54) is 6.07 Å². The van der Waals surface area contributed by atoms with Crippen molar-refractivity contribution in [2.75, 3.05) is 0 Å². The van der Waals surface area contributed by atoms with Crippen molar-refractivity contribution in [3.05, 3.63) is 62.8 Å². The third-order valence-corrected chi connectivity index (χ3v) is 3.88. The Kier molecular flexibility index (Phi) is 3.43. The van der Waals surface area contributed by atoms with Gasteiger partial charge in [-0.25, -0.2) is 8.78 Å². The number of aromatic nitrogens is 2. The first-order valence-electron chi connectivity index (χ1n) is 5.86. The molecule has 0 radical (unpaired) electrons. The van der Waals surface area contributed by atoms with Gasteiger partial charge in [0.1, 0.15) is 0 Å². The molecule has 0 aliphatic carbocycles. The summed E-state index contributed by atoms with van der Waals surface area (Å²) in [5, 5.41) is 0. The van der Waals surface area contributed by atoms with Gasteiger partial charge < -0.3 is 9.55 Å². The highest BCUT2D eigenvalue weighted by Crippen LogP contribution is 2.21. The van der Waals surface area contributed by atoms with Gasteiger partial charge in [0.15, 0.2) is 16.4 Å². The predicted molar refractivity (Wildman–Crippen MR) is 80.3 cm³/mol. The highest BCUT2D eigenvalue weighted by Gasteiger charge is 2.08. The molecule has 0 saturated carbocycles. The highest BCUT2D eigenvalue weighted by molar-refractivity contribution is 9.10. The lowest BCUT2D eigenvalue weighted by molar-refractivity contribution is 0.506. The molecule has 0 aliphatic rings. The van der Waals surface area contributed by atoms with E-state index in [1.54, 1.807) is 6.07 Å². The lowest BCUT2D eigenvalue weighted by Gasteiger charge is -2.05. The monoisotopic (exact) mass is 354 g/mol. The van der Waals surface area contributed by atoms with E-state index in [1.807, 2.05) is 22.8 Å². The topological polar surface area (TPSA) is 20.7 Å². The predicted octanol–water partition coefficient (Wildman–Crippen LogP) is 4.79. The second kappa shape index (κ2) is 5.10. The van der Waals surface area contributed by atoms with E-state index in [-0.39, 0.29) is 0 Å². The molecule has 0 spiro atoms. The summed E-state index contributed by atoms with van der Waals surface area (Å²) in [5.41, 5.74) is 2.47. The minimum Gasteiger partial charge on any atom is -0.331 e. The van der Waals surface area contributed by atoms with Crippen molar-refractivity contribution in [2.45, 2.75) is 6.54 Å². The zero-order valence-corrected chi connectivity index (χ0v) is 12.6. The van der Waals surface area contributed by atoms with Gasteiger partial charge in [-0.15, -0.1) is 0 Å². The van der Waals surface area contributed by atoms with E-state index in [0.29, 0.717) is 16.9 Å². The molecule has 0 atom stereocenters. The van der Waals surface area contributed by atoms with Gasteiger partial charge in [-0.05, 0) is 48.1 Å². The zero-order chi connectivity index (χ0) is 14.3. The van der Waals surface area contributed by atoms with E-state index in [9.17, 15) is 8.78 Å². The quantitative estimate of drug-likeness (QED) is 0.656. The molecule has 1 heterocycles. The maximum atomic E-state index is 13.3. The molecule has 20 heavy (non-hydrogen) atoms. The molecule has 1 N–H and O–H groups in total. The first-order valence-corrected chi connectivity index (χ1v) is 7.07. The fourth-order valence-corrected chi connectivity index (χ4v) is 2.75. The fourth-order valence-electron chi connectivity index (χ4n) is 2.11. The largest absolute Gasteiger partial charge is 0.331 e. The molecule has 2 nitrogen and oxygen atoms in total. The fraction of sp³-hybridized carbons (Fsp3) is 0.0714. The van der Waals surface area contributed by atoms with Crippen molar-refractivity contribution in [3.8, 4) is 0 Å². The molecule has 102 valence electrons. The van der Waals surface area contributed by atoms with Crippen LogP contribution in [-0.4, -0.2) is 9.55 Å². The van der Waals surface area contributed by atoms with Gasteiger partial charge in [-0.3, -0.25) is 0 Å². The summed E-state index contributed by atoms with van der Waals surface area (Å²) in [7, 11) is 0. The molecule has 0 unspecified atom stereocenters. The minimum atomic E-state index is -0.850. The normalized spacial score (nSPS) is 11.2. The number of hydrogen-bond acceptors (Lipinski definition) is 1. The number of hydrogen-bond donors (Lipinski definition) is 1. The van der Waals surface area contributed by atoms with Crippen LogP contribution in [-0.2, 0) is 6.54 Å². The smallest absolute Gasteiger partial charge is 0.178 e. The van der Waals surface area contributed by atoms with Crippen molar-refractivity contribution >= 4 is 39.2 Å². The minimum absolute atomic E-state index is 0.387. The van der Waals surface area contributed by atoms with Gasteiger partial charge in [0.05, 0.1) is 17.6 Å². The highest BCUT2D eigenvalue weighted by atomic mass is 79.9. The first-order chi connectivity index (χ1) is 9.54. The zero-order valence-electron chi connectivity index (χ0n) is 10.2. The maximum Gasteiger partial charge on any atom is 0.178 e. The maximum absolute atomic E-state index is 13.3. The Bertz CT molecular complexity index is 854. The van der Waals surface area contributed by atoms with Gasteiger partial charge in [-0.1, -0.05) is 22.0 Å². The van der Waals surface area contributed by atoms with Gasteiger partial charge in [0, 0.05) is 4.47 Å². The van der Waals surface area contributed by atoms with Crippen LogP contribution in [0.15, 0.2) is 40.9 Å². The lowest BCUT2D eigenvalue weighted by Crippen LogP contribution is -2.00. The molecule has 1 aromatic heterocycles. The third kappa shape index (κ3) is 2.41. The lowest BCUT2D eigenvalue weighted by atomic mass is 10.2. The van der Waals surface area contributed by atoms with E-state index in [0.717, 1.165) is 21.6 Å². The number of aromatic amines is 1. The van der Waals surface area contributed by atoms with Crippen LogP contribution in [0.3, 0.4) is 0 Å². The standard InChI is InChI=1S/C14H9BrF2N2S/c15-9-2-4-13-12(6-9)18-14(20)19(13)7-8-1-3-10(16)11(17)5-8/h1-6H,7H2,(H,18,20). The van der Waals surface area contributed by atoms with Crippen LogP contribution in [0.2, 0.25) is 0 Å². The summed E-state index contributed by atoms with van der Waals surface area (Å²) in [6, 6.07) is 9.62. The van der Waals surface area contributed by atoms with E-state index in [2.05, 4.69) is 20.9 Å². The summed E-state index contributed by atoms with van der Waals surface area (Å²) in [4.78, 5) is 3.09. The van der Waals surface area contributed by atoms with Crippen molar-refractivity contribution in [2.24, 2.45) is 0 Å². The van der Waals surface area contributed by atoms with Gasteiger partial charge >= 0.3 is 0 Å². The second-order valence-electron chi connectivity index (χ2n) is 4.43. The van der Waals surface area contributed by atoms with Crippen LogP contribution in [0.25, 0.3) is 11.0 Å². The van der Waals surface area contributed by atoms with Gasteiger partial charge in [-0.2, -0.15) is 0 Å². The van der Waals surface area contributed by atoms with Crippen LogP contribution < -0.4 is 0 Å². The SMILES string of the molecule is Fc1ccc(Cn2c(=S)[nH]c3cc(Br)ccc32)cc1F. The van der Waals surface area contributed by atoms with Gasteiger partial charge in [0.25, 0.3) is 0 Å². The molecular weight excluding hydrogens is 346 g/mol. The molecule has 3 rings (SSSR count). The molecule has 0 fully saturated rings. The van der Waals surface area contributed by atoms with Crippen LogP contribution in [0, 0.1) is 16.4 Å². The number of nitrogens with one attached hydrogen (secondary N) is 1. The molecule has 6 heteroatoms. The van der Waals surface area contributed by atoms with Crippen molar-refractivity contribution in [1.29, 1.82) is 0 Å². The molecule has 2 aromatic carbocycles. The van der Waals surface area contributed by atoms with Crippen LogP contribution >= 0.6 is 28.1 Å². The number of rotatable bonds is 2. The summed E-state index contributed by atoms with van der Waals surface area (Å²) in [6.07, 6.45) is 0. The second-order valence-corrected chi connectivity index (χ2v) is 5.73. The number of nitrogens with zero attached hydrogens (tertiary/aromatic N) is 1. The van der Waals surface area contributed by atoms with Crippen molar-refractivity contribution in [1.82, 2.24) is 9.55 Å². The Morgan fingerprint density at radius 3 is 2.65 bits per heavy atom. The Morgan fingerprint density at radius 2 is 1.90 bits per heavy atom. The van der Waals surface area contributed by atoms with Crippen LogP contribution in [0.4, 0.5) is 8.78 Å². The number of halogens is 3. The van der Waals surface area contributed by atoms with Crippen LogP contribution in [0.1, 0.15) is 5.56 Å². The number of imidazole rings is 1. The van der Waals surface area contributed by atoms with E-state index < -0.39 is 11.6 Å². The first kappa shape index (κ1) is 13.5. The molecule has 3 aromatic rings. The molecule has 0 amide bonds. The van der Waals surface area contributed by atoms with E-state index >= 15 is 0 Å². The van der Waals surface area contributed by atoms with E-state index in [4.69, 9.17) is 12.2 Å².